The van der Waals surface area contributed by atoms with Crippen LogP contribution in [-0.2, 0) is 0 Å². The predicted octanol–water partition coefficient (Wildman–Crippen LogP) is 0.942. The van der Waals surface area contributed by atoms with Crippen molar-refractivity contribution < 1.29 is 18.7 Å². The average Bonchev–Trinajstić information content (AvgIpc) is 2.16. The molecule has 0 atom stereocenters. The third-order valence-corrected chi connectivity index (χ3v) is 1.75. The molecule has 0 unspecified atom stereocenters. The van der Waals surface area contributed by atoms with Crippen LogP contribution < -0.4 is 15.2 Å². The van der Waals surface area contributed by atoms with E-state index >= 15 is 0 Å². The number of halogens is 1. The number of methoxy groups -OCH3 is 2. The second-order valence-electron chi connectivity index (χ2n) is 2.52. The lowest BCUT2D eigenvalue weighted by Gasteiger charge is -2.09. The SMILES string of the molecule is COc1ccc(OC)c(C(N)=O)c1F. The highest BCUT2D eigenvalue weighted by atomic mass is 19.1. The zero-order chi connectivity index (χ0) is 10.7. The topological polar surface area (TPSA) is 61.6 Å². The minimum Gasteiger partial charge on any atom is -0.496 e. The van der Waals surface area contributed by atoms with Crippen molar-refractivity contribution in [3.8, 4) is 11.5 Å². The number of carbonyl (C=O) groups excluding carboxylic acids is 1. The molecule has 1 rings (SSSR count). The lowest BCUT2D eigenvalue weighted by molar-refractivity contribution is 0.0992. The van der Waals surface area contributed by atoms with Crippen LogP contribution in [0.3, 0.4) is 0 Å². The van der Waals surface area contributed by atoms with Crippen LogP contribution >= 0.6 is 0 Å². The van der Waals surface area contributed by atoms with Crippen molar-refractivity contribution in [2.24, 2.45) is 5.73 Å². The number of hydrogen-bond donors (Lipinski definition) is 1. The van der Waals surface area contributed by atoms with E-state index in [4.69, 9.17) is 15.2 Å². The zero-order valence-corrected chi connectivity index (χ0v) is 7.83. The number of nitrogens with two attached hydrogens (primary N) is 1. The number of ether oxygens (including phenoxy) is 2. The molecule has 0 saturated heterocycles. The first-order chi connectivity index (χ1) is 6.61. The Hall–Kier alpha value is -1.78. The molecule has 0 fully saturated rings. The van der Waals surface area contributed by atoms with E-state index in [0.717, 1.165) is 0 Å². The average molecular weight is 199 g/mol. The van der Waals surface area contributed by atoms with Crippen molar-refractivity contribution in [2.45, 2.75) is 0 Å². The predicted molar refractivity (Wildman–Crippen MR) is 48.0 cm³/mol. The van der Waals surface area contributed by atoms with Gasteiger partial charge in [0.25, 0.3) is 5.91 Å². The summed E-state index contributed by atoms with van der Waals surface area (Å²) in [7, 11) is 2.63. The van der Waals surface area contributed by atoms with E-state index in [9.17, 15) is 9.18 Å². The Morgan fingerprint density at radius 2 is 1.79 bits per heavy atom. The molecule has 0 aliphatic heterocycles. The van der Waals surface area contributed by atoms with Crippen LogP contribution in [0.1, 0.15) is 10.4 Å². The Labute approximate surface area is 80.4 Å². The van der Waals surface area contributed by atoms with E-state index in [1.807, 2.05) is 0 Å². The minimum absolute atomic E-state index is 0.0420. The second kappa shape index (κ2) is 3.95. The smallest absolute Gasteiger partial charge is 0.255 e. The Bertz CT molecular complexity index is 365. The largest absolute Gasteiger partial charge is 0.496 e. The van der Waals surface area contributed by atoms with E-state index in [-0.39, 0.29) is 17.1 Å². The summed E-state index contributed by atoms with van der Waals surface area (Å²) in [5, 5.41) is 0. The van der Waals surface area contributed by atoms with Gasteiger partial charge in [-0.2, -0.15) is 0 Å². The first-order valence-electron chi connectivity index (χ1n) is 3.82. The molecule has 14 heavy (non-hydrogen) atoms. The Balaban J connectivity index is 3.39. The normalized spacial score (nSPS) is 9.64. The number of primary amides is 1. The molecule has 1 amide bonds. The highest BCUT2D eigenvalue weighted by Crippen LogP contribution is 2.28. The van der Waals surface area contributed by atoms with Gasteiger partial charge >= 0.3 is 0 Å². The van der Waals surface area contributed by atoms with Crippen molar-refractivity contribution in [1.82, 2.24) is 0 Å². The molecule has 5 heteroatoms. The summed E-state index contributed by atoms with van der Waals surface area (Å²) < 4.78 is 23.0. The summed E-state index contributed by atoms with van der Waals surface area (Å²) in [6, 6.07) is 2.78. The van der Waals surface area contributed by atoms with Crippen molar-refractivity contribution in [3.63, 3.8) is 0 Å². The molecule has 4 nitrogen and oxygen atoms in total. The molecule has 0 aliphatic rings. The summed E-state index contributed by atoms with van der Waals surface area (Å²) in [6.07, 6.45) is 0. The molecule has 1 aromatic rings. The first-order valence-corrected chi connectivity index (χ1v) is 3.82. The third-order valence-electron chi connectivity index (χ3n) is 1.75. The van der Waals surface area contributed by atoms with Gasteiger partial charge in [0.1, 0.15) is 11.3 Å². The minimum atomic E-state index is -0.891. The van der Waals surface area contributed by atoms with Crippen LogP contribution in [0.25, 0.3) is 0 Å². The monoisotopic (exact) mass is 199 g/mol. The van der Waals surface area contributed by atoms with Gasteiger partial charge in [-0.25, -0.2) is 4.39 Å². The maximum atomic E-state index is 13.5. The van der Waals surface area contributed by atoms with Crippen LogP contribution in [0.4, 0.5) is 4.39 Å². The molecule has 0 bridgehead atoms. The Kier molecular flexibility index (Phi) is 2.91. The van der Waals surface area contributed by atoms with Crippen molar-refractivity contribution in [3.05, 3.63) is 23.5 Å². The first kappa shape index (κ1) is 10.3. The quantitative estimate of drug-likeness (QED) is 0.788. The van der Waals surface area contributed by atoms with Crippen molar-refractivity contribution in [1.29, 1.82) is 0 Å². The number of amides is 1. The Morgan fingerprint density at radius 1 is 1.29 bits per heavy atom. The summed E-state index contributed by atoms with van der Waals surface area (Å²) in [5.41, 5.74) is 4.70. The molecule has 2 N–H and O–H groups in total. The van der Waals surface area contributed by atoms with Crippen LogP contribution in [0.5, 0.6) is 11.5 Å². The molecular weight excluding hydrogens is 189 g/mol. The fraction of sp³-hybridized carbons (Fsp3) is 0.222. The highest BCUT2D eigenvalue weighted by Gasteiger charge is 2.18. The van der Waals surface area contributed by atoms with Crippen LogP contribution in [0, 0.1) is 5.82 Å². The summed E-state index contributed by atoms with van der Waals surface area (Å²) in [4.78, 5) is 10.9. The molecule has 0 saturated carbocycles. The molecule has 0 aliphatic carbocycles. The van der Waals surface area contributed by atoms with E-state index in [0.29, 0.717) is 0 Å². The van der Waals surface area contributed by atoms with Gasteiger partial charge in [-0.3, -0.25) is 4.79 Å². The van der Waals surface area contributed by atoms with E-state index in [2.05, 4.69) is 0 Å². The number of benzene rings is 1. The molecule has 1 aromatic carbocycles. The van der Waals surface area contributed by atoms with Gasteiger partial charge in [0.2, 0.25) is 0 Å². The Morgan fingerprint density at radius 3 is 2.21 bits per heavy atom. The van der Waals surface area contributed by atoms with E-state index in [1.54, 1.807) is 0 Å². The molecule has 0 radical (unpaired) electrons. The fourth-order valence-electron chi connectivity index (χ4n) is 1.10. The summed E-state index contributed by atoms with van der Waals surface area (Å²) >= 11 is 0. The van der Waals surface area contributed by atoms with E-state index < -0.39 is 11.7 Å². The number of hydrogen-bond acceptors (Lipinski definition) is 3. The molecular formula is C9H10FNO3. The number of rotatable bonds is 3. The summed E-state index contributed by atoms with van der Waals surface area (Å²) in [5.74, 6) is -1.65. The van der Waals surface area contributed by atoms with Gasteiger partial charge in [-0.1, -0.05) is 0 Å². The van der Waals surface area contributed by atoms with Crippen molar-refractivity contribution in [2.75, 3.05) is 14.2 Å². The van der Waals surface area contributed by atoms with Crippen LogP contribution in [0.2, 0.25) is 0 Å². The lowest BCUT2D eigenvalue weighted by atomic mass is 10.1. The standard InChI is InChI=1S/C9H10FNO3/c1-13-5-3-4-6(14-2)8(10)7(5)9(11)12/h3-4H,1-2H3,(H2,11,12). The third kappa shape index (κ3) is 1.61. The molecule has 0 heterocycles. The van der Waals surface area contributed by atoms with Gasteiger partial charge in [0.15, 0.2) is 11.6 Å². The second-order valence-corrected chi connectivity index (χ2v) is 2.52. The van der Waals surface area contributed by atoms with Gasteiger partial charge in [-0.05, 0) is 12.1 Å². The van der Waals surface area contributed by atoms with Gasteiger partial charge in [0, 0.05) is 0 Å². The maximum Gasteiger partial charge on any atom is 0.255 e. The van der Waals surface area contributed by atoms with E-state index in [1.165, 1.54) is 26.4 Å². The lowest BCUT2D eigenvalue weighted by Crippen LogP contribution is -2.15. The molecule has 76 valence electrons. The fourth-order valence-corrected chi connectivity index (χ4v) is 1.10. The zero-order valence-electron chi connectivity index (χ0n) is 7.83. The molecule has 0 aromatic heterocycles. The van der Waals surface area contributed by atoms with Crippen LogP contribution in [-0.4, -0.2) is 20.1 Å². The van der Waals surface area contributed by atoms with Gasteiger partial charge in [0.05, 0.1) is 14.2 Å². The maximum absolute atomic E-state index is 13.5. The van der Waals surface area contributed by atoms with Gasteiger partial charge < -0.3 is 15.2 Å². The molecule has 0 spiro atoms. The summed E-state index contributed by atoms with van der Waals surface area (Å²) in [6.45, 7) is 0. The van der Waals surface area contributed by atoms with Crippen molar-refractivity contribution >= 4 is 5.91 Å². The van der Waals surface area contributed by atoms with Crippen LogP contribution in [0.15, 0.2) is 12.1 Å². The highest BCUT2D eigenvalue weighted by molar-refractivity contribution is 5.96. The number of carbonyl (C=O) groups is 1. The van der Waals surface area contributed by atoms with Gasteiger partial charge in [-0.15, -0.1) is 0 Å².